The largest absolute Gasteiger partial charge is 0.489 e. The van der Waals surface area contributed by atoms with Crippen molar-refractivity contribution >= 4 is 12.0 Å². The monoisotopic (exact) mass is 272 g/mol. The summed E-state index contributed by atoms with van der Waals surface area (Å²) in [6.07, 6.45) is 2.61. The lowest BCUT2D eigenvalue weighted by Crippen LogP contribution is -1.95. The van der Waals surface area contributed by atoms with Crippen molar-refractivity contribution in [3.05, 3.63) is 71.6 Å². The van der Waals surface area contributed by atoms with Crippen LogP contribution in [-0.4, -0.2) is 11.1 Å². The second-order valence-electron chi connectivity index (χ2n) is 4.16. The third-order valence-corrected chi connectivity index (χ3v) is 2.62. The minimum absolute atomic E-state index is 0.299. The molecule has 0 aromatic heterocycles. The minimum atomic E-state index is -0.978. The van der Waals surface area contributed by atoms with Gasteiger partial charge in [-0.25, -0.2) is 9.18 Å². The van der Waals surface area contributed by atoms with Crippen molar-refractivity contribution in [2.24, 2.45) is 0 Å². The van der Waals surface area contributed by atoms with Crippen molar-refractivity contribution in [1.29, 1.82) is 0 Å². The first-order valence-corrected chi connectivity index (χ1v) is 6.02. The normalized spacial score (nSPS) is 10.7. The summed E-state index contributed by atoms with van der Waals surface area (Å²) in [4.78, 5) is 10.4. The molecule has 0 radical (unpaired) electrons. The Hall–Kier alpha value is -2.62. The fraction of sp³-hybridized carbons (Fsp3) is 0.0625. The van der Waals surface area contributed by atoms with E-state index in [1.54, 1.807) is 12.1 Å². The van der Waals surface area contributed by atoms with Crippen LogP contribution in [0.15, 0.2) is 54.6 Å². The number of ether oxygens (including phenoxy) is 1. The fourth-order valence-corrected chi connectivity index (χ4v) is 1.59. The van der Waals surface area contributed by atoms with E-state index in [0.717, 1.165) is 17.2 Å². The number of rotatable bonds is 5. The smallest absolute Gasteiger partial charge is 0.328 e. The Morgan fingerprint density at radius 3 is 2.35 bits per heavy atom. The van der Waals surface area contributed by atoms with Crippen LogP contribution in [0, 0.1) is 5.82 Å². The maximum absolute atomic E-state index is 12.7. The number of carboxylic acids is 1. The van der Waals surface area contributed by atoms with Crippen LogP contribution in [0.4, 0.5) is 4.39 Å². The molecule has 4 heteroatoms. The van der Waals surface area contributed by atoms with Gasteiger partial charge in [-0.05, 0) is 41.5 Å². The van der Waals surface area contributed by atoms with E-state index in [1.807, 2.05) is 24.3 Å². The lowest BCUT2D eigenvalue weighted by molar-refractivity contribution is -0.131. The van der Waals surface area contributed by atoms with Gasteiger partial charge in [-0.2, -0.15) is 0 Å². The highest BCUT2D eigenvalue weighted by molar-refractivity contribution is 5.85. The molecule has 2 aromatic carbocycles. The highest BCUT2D eigenvalue weighted by atomic mass is 19.1. The van der Waals surface area contributed by atoms with Gasteiger partial charge in [0.1, 0.15) is 18.2 Å². The standard InChI is InChI=1S/C16H13FO3/c17-14-6-8-15(9-7-14)20-11-13-3-1-12(2-4-13)5-10-16(18)19/h1-10H,11H2,(H,18,19). The molecule has 0 heterocycles. The molecule has 0 bridgehead atoms. The zero-order chi connectivity index (χ0) is 14.4. The second kappa shape index (κ2) is 6.52. The topological polar surface area (TPSA) is 46.5 Å². The Bertz CT molecular complexity index is 601. The molecule has 1 N–H and O–H groups in total. The first-order valence-electron chi connectivity index (χ1n) is 6.02. The molecule has 0 saturated heterocycles. The molecule has 0 atom stereocenters. The Morgan fingerprint density at radius 2 is 1.75 bits per heavy atom. The van der Waals surface area contributed by atoms with Crippen LogP contribution in [-0.2, 0) is 11.4 Å². The number of carbonyl (C=O) groups is 1. The Balaban J connectivity index is 1.93. The number of benzene rings is 2. The zero-order valence-corrected chi connectivity index (χ0v) is 10.6. The number of hydrogen-bond acceptors (Lipinski definition) is 2. The van der Waals surface area contributed by atoms with Crippen molar-refractivity contribution in [3.8, 4) is 5.75 Å². The Kier molecular flexibility index (Phi) is 4.50. The first-order chi connectivity index (χ1) is 9.63. The summed E-state index contributed by atoms with van der Waals surface area (Å²) in [5.41, 5.74) is 1.75. The Morgan fingerprint density at radius 1 is 1.10 bits per heavy atom. The van der Waals surface area contributed by atoms with Crippen molar-refractivity contribution in [1.82, 2.24) is 0 Å². The van der Waals surface area contributed by atoms with Gasteiger partial charge in [0.2, 0.25) is 0 Å². The SMILES string of the molecule is O=C(O)C=Cc1ccc(COc2ccc(F)cc2)cc1. The molecule has 2 aromatic rings. The van der Waals surface area contributed by atoms with Crippen LogP contribution in [0.3, 0.4) is 0 Å². The second-order valence-corrected chi connectivity index (χ2v) is 4.16. The Labute approximate surface area is 115 Å². The van der Waals surface area contributed by atoms with E-state index in [1.165, 1.54) is 18.2 Å². The summed E-state index contributed by atoms with van der Waals surface area (Å²) in [6.45, 7) is 0.370. The van der Waals surface area contributed by atoms with E-state index < -0.39 is 5.97 Å². The van der Waals surface area contributed by atoms with Gasteiger partial charge in [0.05, 0.1) is 0 Å². The van der Waals surface area contributed by atoms with E-state index >= 15 is 0 Å². The summed E-state index contributed by atoms with van der Waals surface area (Å²) >= 11 is 0. The number of halogens is 1. The zero-order valence-electron chi connectivity index (χ0n) is 10.6. The fourth-order valence-electron chi connectivity index (χ4n) is 1.59. The molecule has 0 fully saturated rings. The number of carboxylic acid groups (broad SMARTS) is 1. The maximum atomic E-state index is 12.7. The van der Waals surface area contributed by atoms with E-state index in [-0.39, 0.29) is 5.82 Å². The van der Waals surface area contributed by atoms with Crippen LogP contribution in [0.25, 0.3) is 6.08 Å². The van der Waals surface area contributed by atoms with Crippen LogP contribution in [0.2, 0.25) is 0 Å². The van der Waals surface area contributed by atoms with E-state index in [9.17, 15) is 9.18 Å². The quantitative estimate of drug-likeness (QED) is 0.847. The summed E-state index contributed by atoms with van der Waals surface area (Å²) < 4.78 is 18.2. The number of aliphatic carboxylic acids is 1. The third-order valence-electron chi connectivity index (χ3n) is 2.62. The van der Waals surface area contributed by atoms with Gasteiger partial charge in [-0.1, -0.05) is 24.3 Å². The van der Waals surface area contributed by atoms with Crippen molar-refractivity contribution < 1.29 is 19.0 Å². The number of hydrogen-bond donors (Lipinski definition) is 1. The highest BCUT2D eigenvalue weighted by Gasteiger charge is 1.97. The lowest BCUT2D eigenvalue weighted by Gasteiger charge is -2.06. The van der Waals surface area contributed by atoms with Crippen LogP contribution < -0.4 is 4.74 Å². The van der Waals surface area contributed by atoms with Gasteiger partial charge in [-0.15, -0.1) is 0 Å². The maximum Gasteiger partial charge on any atom is 0.328 e. The van der Waals surface area contributed by atoms with Crippen LogP contribution in [0.5, 0.6) is 5.75 Å². The molecule has 2 rings (SSSR count). The summed E-state index contributed by atoms with van der Waals surface area (Å²) in [5, 5.41) is 8.53. The van der Waals surface area contributed by atoms with Gasteiger partial charge in [0, 0.05) is 6.08 Å². The predicted molar refractivity (Wildman–Crippen MR) is 73.8 cm³/mol. The molecular formula is C16H13FO3. The molecule has 0 aliphatic heterocycles. The van der Waals surface area contributed by atoms with Crippen LogP contribution in [0.1, 0.15) is 11.1 Å². The summed E-state index contributed by atoms with van der Waals surface area (Å²) in [7, 11) is 0. The third kappa shape index (κ3) is 4.24. The average molecular weight is 272 g/mol. The molecule has 102 valence electrons. The molecule has 0 aliphatic rings. The van der Waals surface area contributed by atoms with Crippen molar-refractivity contribution in [3.63, 3.8) is 0 Å². The van der Waals surface area contributed by atoms with Gasteiger partial charge in [0.25, 0.3) is 0 Å². The lowest BCUT2D eigenvalue weighted by atomic mass is 10.1. The molecule has 0 spiro atoms. The van der Waals surface area contributed by atoms with E-state index in [4.69, 9.17) is 9.84 Å². The molecule has 20 heavy (non-hydrogen) atoms. The highest BCUT2D eigenvalue weighted by Crippen LogP contribution is 2.14. The molecule has 0 saturated carbocycles. The predicted octanol–water partition coefficient (Wildman–Crippen LogP) is 3.50. The molecule has 0 unspecified atom stereocenters. The van der Waals surface area contributed by atoms with E-state index in [2.05, 4.69) is 0 Å². The van der Waals surface area contributed by atoms with Gasteiger partial charge < -0.3 is 9.84 Å². The first kappa shape index (κ1) is 13.8. The summed E-state index contributed by atoms with van der Waals surface area (Å²) in [6, 6.07) is 13.1. The van der Waals surface area contributed by atoms with E-state index in [0.29, 0.717) is 12.4 Å². The molecule has 0 aliphatic carbocycles. The van der Waals surface area contributed by atoms with Crippen molar-refractivity contribution in [2.75, 3.05) is 0 Å². The van der Waals surface area contributed by atoms with Gasteiger partial charge >= 0.3 is 5.97 Å². The molecular weight excluding hydrogens is 259 g/mol. The average Bonchev–Trinajstić information content (AvgIpc) is 2.45. The minimum Gasteiger partial charge on any atom is -0.489 e. The van der Waals surface area contributed by atoms with Gasteiger partial charge in [0.15, 0.2) is 0 Å². The van der Waals surface area contributed by atoms with Gasteiger partial charge in [-0.3, -0.25) is 0 Å². The van der Waals surface area contributed by atoms with Crippen LogP contribution >= 0.6 is 0 Å². The summed E-state index contributed by atoms with van der Waals surface area (Å²) in [5.74, 6) is -0.679. The van der Waals surface area contributed by atoms with Crippen molar-refractivity contribution in [2.45, 2.75) is 6.61 Å². The molecule has 3 nitrogen and oxygen atoms in total. The molecule has 0 amide bonds.